The van der Waals surface area contributed by atoms with Gasteiger partial charge in [-0.05, 0) is 18.8 Å². The van der Waals surface area contributed by atoms with Gasteiger partial charge in [-0.2, -0.15) is 0 Å². The molecule has 5 nitrogen and oxygen atoms in total. The Morgan fingerprint density at radius 1 is 1.39 bits per heavy atom. The lowest BCUT2D eigenvalue weighted by molar-refractivity contribution is -0.136. The zero-order valence-electron chi connectivity index (χ0n) is 10.8. The van der Waals surface area contributed by atoms with Gasteiger partial charge in [-0.1, -0.05) is 13.3 Å². The number of nitrogens with two attached hydrogens (primary N) is 1. The van der Waals surface area contributed by atoms with Crippen LogP contribution in [0, 0.1) is 11.8 Å². The fourth-order valence-electron chi connectivity index (χ4n) is 2.93. The van der Waals surface area contributed by atoms with Crippen molar-refractivity contribution in [1.82, 2.24) is 4.90 Å². The molecule has 0 aromatic heterocycles. The van der Waals surface area contributed by atoms with Crippen LogP contribution in [0.1, 0.15) is 26.2 Å². The van der Waals surface area contributed by atoms with Crippen molar-refractivity contribution in [3.8, 4) is 0 Å². The van der Waals surface area contributed by atoms with Gasteiger partial charge in [0, 0.05) is 19.1 Å². The maximum atomic E-state index is 12.3. The zero-order chi connectivity index (χ0) is 13.3. The lowest BCUT2D eigenvalue weighted by Crippen LogP contribution is -2.50. The highest BCUT2D eigenvalue weighted by Gasteiger charge is 2.37. The summed E-state index contributed by atoms with van der Waals surface area (Å²) in [7, 11) is -2.98. The lowest BCUT2D eigenvalue weighted by Gasteiger charge is -2.37. The standard InChI is InChI=1S/C12H22N2O3S/c1-2-9-7-14(5-3-11(9)13)12(15)10-4-6-18(16,17)8-10/h9-11H,2-8,13H2,1H3. The average molecular weight is 274 g/mol. The highest BCUT2D eigenvalue weighted by atomic mass is 32.2. The summed E-state index contributed by atoms with van der Waals surface area (Å²) >= 11 is 0. The molecule has 18 heavy (non-hydrogen) atoms. The molecule has 2 rings (SSSR count). The fourth-order valence-corrected chi connectivity index (χ4v) is 4.66. The summed E-state index contributed by atoms with van der Waals surface area (Å²) in [5.41, 5.74) is 6.01. The van der Waals surface area contributed by atoms with E-state index in [4.69, 9.17) is 5.73 Å². The van der Waals surface area contributed by atoms with Crippen molar-refractivity contribution < 1.29 is 13.2 Å². The summed E-state index contributed by atoms with van der Waals surface area (Å²) in [4.78, 5) is 14.1. The molecule has 1 amide bonds. The van der Waals surface area contributed by atoms with Gasteiger partial charge >= 0.3 is 0 Å². The highest BCUT2D eigenvalue weighted by Crippen LogP contribution is 2.25. The largest absolute Gasteiger partial charge is 0.342 e. The lowest BCUT2D eigenvalue weighted by atomic mass is 9.90. The van der Waals surface area contributed by atoms with Gasteiger partial charge in [0.25, 0.3) is 0 Å². The molecule has 2 fully saturated rings. The predicted molar refractivity (Wildman–Crippen MR) is 69.7 cm³/mol. The van der Waals surface area contributed by atoms with Gasteiger partial charge in [0.2, 0.25) is 5.91 Å². The minimum absolute atomic E-state index is 0.0152. The SMILES string of the molecule is CCC1CN(C(=O)C2CCS(=O)(=O)C2)CCC1N. The maximum absolute atomic E-state index is 12.3. The number of rotatable bonds is 2. The number of carbonyl (C=O) groups excluding carboxylic acids is 1. The second-order valence-corrected chi connectivity index (χ2v) is 7.73. The van der Waals surface area contributed by atoms with Crippen LogP contribution >= 0.6 is 0 Å². The average Bonchev–Trinajstić information content (AvgIpc) is 2.69. The molecule has 6 heteroatoms. The van der Waals surface area contributed by atoms with Crippen molar-refractivity contribution in [1.29, 1.82) is 0 Å². The van der Waals surface area contributed by atoms with Crippen molar-refractivity contribution in [3.63, 3.8) is 0 Å². The number of hydrogen-bond donors (Lipinski definition) is 1. The smallest absolute Gasteiger partial charge is 0.226 e. The van der Waals surface area contributed by atoms with Crippen LogP contribution in [0.25, 0.3) is 0 Å². The molecule has 2 aliphatic rings. The molecular weight excluding hydrogens is 252 g/mol. The molecule has 2 aliphatic heterocycles. The molecular formula is C12H22N2O3S. The molecule has 3 atom stereocenters. The molecule has 0 radical (unpaired) electrons. The van der Waals surface area contributed by atoms with E-state index in [1.54, 1.807) is 0 Å². The summed E-state index contributed by atoms with van der Waals surface area (Å²) in [6.07, 6.45) is 2.28. The van der Waals surface area contributed by atoms with E-state index >= 15 is 0 Å². The van der Waals surface area contributed by atoms with Crippen LogP contribution in [-0.4, -0.2) is 49.9 Å². The van der Waals surface area contributed by atoms with Crippen molar-refractivity contribution in [2.45, 2.75) is 32.2 Å². The summed E-state index contributed by atoms with van der Waals surface area (Å²) in [5, 5.41) is 0. The van der Waals surface area contributed by atoms with Gasteiger partial charge in [0.1, 0.15) is 0 Å². The number of sulfone groups is 1. The third kappa shape index (κ3) is 2.85. The van der Waals surface area contributed by atoms with E-state index in [0.717, 1.165) is 12.8 Å². The maximum Gasteiger partial charge on any atom is 0.226 e. The van der Waals surface area contributed by atoms with Crippen LogP contribution in [0.3, 0.4) is 0 Å². The number of piperidine rings is 1. The Morgan fingerprint density at radius 2 is 2.11 bits per heavy atom. The second-order valence-electron chi connectivity index (χ2n) is 5.51. The van der Waals surface area contributed by atoms with Gasteiger partial charge in [-0.15, -0.1) is 0 Å². The molecule has 0 aliphatic carbocycles. The highest BCUT2D eigenvalue weighted by molar-refractivity contribution is 7.91. The van der Waals surface area contributed by atoms with Crippen LogP contribution in [0.4, 0.5) is 0 Å². The number of amides is 1. The van der Waals surface area contributed by atoms with Crippen molar-refractivity contribution in [2.75, 3.05) is 24.6 Å². The van der Waals surface area contributed by atoms with E-state index < -0.39 is 9.84 Å². The normalized spacial score (nSPS) is 35.7. The van der Waals surface area contributed by atoms with E-state index in [1.165, 1.54) is 0 Å². The van der Waals surface area contributed by atoms with Gasteiger partial charge in [-0.25, -0.2) is 8.42 Å². The molecule has 0 bridgehead atoms. The fraction of sp³-hybridized carbons (Fsp3) is 0.917. The molecule has 3 unspecified atom stereocenters. The molecule has 0 spiro atoms. The van der Waals surface area contributed by atoms with Crippen LogP contribution in [0.15, 0.2) is 0 Å². The van der Waals surface area contributed by atoms with Crippen LogP contribution < -0.4 is 5.73 Å². The van der Waals surface area contributed by atoms with Gasteiger partial charge in [0.05, 0.1) is 17.4 Å². The van der Waals surface area contributed by atoms with Gasteiger partial charge < -0.3 is 10.6 Å². The minimum atomic E-state index is -2.98. The first-order valence-corrected chi connectivity index (χ1v) is 8.50. The Bertz CT molecular complexity index is 421. The van der Waals surface area contributed by atoms with Gasteiger partial charge in [0.15, 0.2) is 9.84 Å². The molecule has 104 valence electrons. The molecule has 2 N–H and O–H groups in total. The summed E-state index contributed by atoms with van der Waals surface area (Å²) < 4.78 is 22.8. The van der Waals surface area contributed by atoms with Gasteiger partial charge in [-0.3, -0.25) is 4.79 Å². The van der Waals surface area contributed by atoms with Crippen molar-refractivity contribution in [2.24, 2.45) is 17.6 Å². The Morgan fingerprint density at radius 3 is 2.67 bits per heavy atom. The summed E-state index contributed by atoms with van der Waals surface area (Å²) in [6, 6.07) is 0.173. The third-order valence-electron chi connectivity index (χ3n) is 4.21. The van der Waals surface area contributed by atoms with Crippen molar-refractivity contribution in [3.05, 3.63) is 0 Å². The summed E-state index contributed by atoms with van der Waals surface area (Å²) in [5.74, 6) is 0.239. The van der Waals surface area contributed by atoms with E-state index in [0.29, 0.717) is 25.4 Å². The first-order valence-electron chi connectivity index (χ1n) is 6.67. The van der Waals surface area contributed by atoms with E-state index in [-0.39, 0.29) is 29.4 Å². The van der Waals surface area contributed by atoms with Crippen LogP contribution in [-0.2, 0) is 14.6 Å². The summed E-state index contributed by atoms with van der Waals surface area (Å²) in [6.45, 7) is 3.44. The molecule has 0 aromatic carbocycles. The predicted octanol–water partition coefficient (Wildman–Crippen LogP) is 0.00690. The number of likely N-dealkylation sites (tertiary alicyclic amines) is 1. The second kappa shape index (κ2) is 5.17. The first-order chi connectivity index (χ1) is 8.43. The topological polar surface area (TPSA) is 80.5 Å². The molecule has 0 saturated carbocycles. The Hall–Kier alpha value is -0.620. The third-order valence-corrected chi connectivity index (χ3v) is 5.98. The first kappa shape index (κ1) is 13.8. The number of nitrogens with zero attached hydrogens (tertiary/aromatic N) is 1. The van der Waals surface area contributed by atoms with Crippen LogP contribution in [0.5, 0.6) is 0 Å². The van der Waals surface area contributed by atoms with Crippen molar-refractivity contribution >= 4 is 15.7 Å². The monoisotopic (exact) mass is 274 g/mol. The number of carbonyl (C=O) groups is 1. The zero-order valence-corrected chi connectivity index (χ0v) is 11.7. The van der Waals surface area contributed by atoms with E-state index in [9.17, 15) is 13.2 Å². The Kier molecular flexibility index (Phi) is 3.96. The van der Waals surface area contributed by atoms with Crippen LogP contribution in [0.2, 0.25) is 0 Å². The number of hydrogen-bond acceptors (Lipinski definition) is 4. The molecule has 0 aromatic rings. The van der Waals surface area contributed by atoms with E-state index in [2.05, 4.69) is 6.92 Å². The molecule has 2 heterocycles. The van der Waals surface area contributed by atoms with E-state index in [1.807, 2.05) is 4.90 Å². The molecule has 2 saturated heterocycles. The quantitative estimate of drug-likeness (QED) is 0.769. The minimum Gasteiger partial charge on any atom is -0.342 e. The Labute approximate surface area is 109 Å². The Balaban J connectivity index is 1.98.